The Morgan fingerprint density at radius 1 is 1.18 bits per heavy atom. The van der Waals surface area contributed by atoms with E-state index in [1.165, 1.54) is 39.2 Å². The van der Waals surface area contributed by atoms with E-state index in [0.717, 1.165) is 17.4 Å². The predicted molar refractivity (Wildman–Crippen MR) is 122 cm³/mol. The quantitative estimate of drug-likeness (QED) is 0.455. The maximum Gasteiger partial charge on any atom is 0.279 e. The summed E-state index contributed by atoms with van der Waals surface area (Å²) in [5, 5.41) is 0. The molecule has 34 heavy (non-hydrogen) atoms. The lowest BCUT2D eigenvalue weighted by Crippen LogP contribution is -2.40. The van der Waals surface area contributed by atoms with Crippen LogP contribution < -0.4 is 4.80 Å². The third-order valence-corrected chi connectivity index (χ3v) is 8.20. The molecule has 2 heterocycles. The number of amides is 1. The largest absolute Gasteiger partial charge is 0.380 e. The topological polar surface area (TPSA) is 90.2 Å². The number of sulfonamides is 1. The van der Waals surface area contributed by atoms with Crippen molar-refractivity contribution in [2.24, 2.45) is 4.99 Å². The number of morpholine rings is 1. The third kappa shape index (κ3) is 5.10. The van der Waals surface area contributed by atoms with Crippen molar-refractivity contribution in [3.05, 3.63) is 58.4 Å². The minimum Gasteiger partial charge on any atom is -0.380 e. The summed E-state index contributed by atoms with van der Waals surface area (Å²) in [5.41, 5.74) is 0.311. The zero-order chi connectivity index (χ0) is 24.3. The fourth-order valence-corrected chi connectivity index (χ4v) is 6.08. The lowest BCUT2D eigenvalue weighted by Gasteiger charge is -2.26. The monoisotopic (exact) mass is 511 g/mol. The van der Waals surface area contributed by atoms with E-state index < -0.39 is 27.6 Å². The molecule has 0 aliphatic carbocycles. The first-order valence-corrected chi connectivity index (χ1v) is 12.9. The van der Waals surface area contributed by atoms with Gasteiger partial charge in [0.1, 0.15) is 5.82 Å². The molecule has 0 N–H and O–H groups in total. The van der Waals surface area contributed by atoms with E-state index in [4.69, 9.17) is 9.47 Å². The Kier molecular flexibility index (Phi) is 7.53. The van der Waals surface area contributed by atoms with E-state index in [9.17, 15) is 22.0 Å². The smallest absolute Gasteiger partial charge is 0.279 e. The molecular weight excluding hydrogens is 488 g/mol. The summed E-state index contributed by atoms with van der Waals surface area (Å²) in [6, 6.07) is 7.46. The molecule has 1 fully saturated rings. The van der Waals surface area contributed by atoms with Crippen LogP contribution in [0.4, 0.5) is 8.78 Å². The van der Waals surface area contributed by atoms with Crippen LogP contribution >= 0.6 is 11.3 Å². The van der Waals surface area contributed by atoms with Crippen LogP contribution in [-0.4, -0.2) is 62.7 Å². The minimum atomic E-state index is -3.69. The van der Waals surface area contributed by atoms with Gasteiger partial charge in [-0.05, 0) is 37.3 Å². The number of halogens is 2. The average molecular weight is 512 g/mol. The first kappa shape index (κ1) is 24.6. The second-order valence-electron chi connectivity index (χ2n) is 7.43. The van der Waals surface area contributed by atoms with Crippen LogP contribution in [0.2, 0.25) is 0 Å². The van der Waals surface area contributed by atoms with Gasteiger partial charge in [0.15, 0.2) is 10.6 Å². The first-order valence-electron chi connectivity index (χ1n) is 10.6. The van der Waals surface area contributed by atoms with Gasteiger partial charge in [0, 0.05) is 37.9 Å². The molecule has 1 amide bonds. The molecule has 0 unspecified atom stereocenters. The Balaban J connectivity index is 1.66. The zero-order valence-electron chi connectivity index (χ0n) is 18.4. The second-order valence-corrected chi connectivity index (χ2v) is 10.4. The molecule has 1 aromatic heterocycles. The van der Waals surface area contributed by atoms with E-state index in [1.807, 2.05) is 6.92 Å². The number of carbonyl (C=O) groups excluding carboxylic acids is 1. The number of ether oxygens (including phenoxy) is 2. The van der Waals surface area contributed by atoms with E-state index in [0.29, 0.717) is 24.5 Å². The van der Waals surface area contributed by atoms with E-state index in [1.54, 1.807) is 0 Å². The van der Waals surface area contributed by atoms with Crippen molar-refractivity contribution in [3.63, 3.8) is 0 Å². The molecule has 8 nitrogen and oxygen atoms in total. The van der Waals surface area contributed by atoms with Gasteiger partial charge in [-0.15, -0.1) is 0 Å². The maximum absolute atomic E-state index is 14.5. The number of thiazole rings is 1. The zero-order valence-corrected chi connectivity index (χ0v) is 20.0. The number of aromatic nitrogens is 1. The van der Waals surface area contributed by atoms with Crippen LogP contribution in [0.5, 0.6) is 0 Å². The normalized spacial score (nSPS) is 15.8. The molecule has 0 saturated carbocycles. The van der Waals surface area contributed by atoms with Gasteiger partial charge < -0.3 is 14.0 Å². The van der Waals surface area contributed by atoms with Crippen molar-refractivity contribution in [2.45, 2.75) is 18.4 Å². The Hall–Kier alpha value is -2.51. The number of nitrogens with zero attached hydrogens (tertiary/aromatic N) is 3. The molecule has 2 aromatic carbocycles. The van der Waals surface area contributed by atoms with Crippen LogP contribution in [-0.2, 0) is 26.0 Å². The van der Waals surface area contributed by atoms with Crippen LogP contribution in [0.1, 0.15) is 17.3 Å². The van der Waals surface area contributed by atoms with Crippen molar-refractivity contribution in [3.8, 4) is 0 Å². The number of hydrogen-bond donors (Lipinski definition) is 0. The number of rotatable bonds is 7. The highest BCUT2D eigenvalue weighted by Gasteiger charge is 2.26. The van der Waals surface area contributed by atoms with Gasteiger partial charge >= 0.3 is 0 Å². The van der Waals surface area contributed by atoms with Gasteiger partial charge in [-0.25, -0.2) is 17.2 Å². The van der Waals surface area contributed by atoms with Gasteiger partial charge in [0.05, 0.1) is 34.9 Å². The Morgan fingerprint density at radius 2 is 1.88 bits per heavy atom. The molecule has 0 spiro atoms. The highest BCUT2D eigenvalue weighted by atomic mass is 32.2. The van der Waals surface area contributed by atoms with Gasteiger partial charge in [-0.2, -0.15) is 9.30 Å². The lowest BCUT2D eigenvalue weighted by atomic mass is 10.2. The highest BCUT2D eigenvalue weighted by Crippen LogP contribution is 2.23. The summed E-state index contributed by atoms with van der Waals surface area (Å²) in [4.78, 5) is 17.2. The molecule has 0 atom stereocenters. The van der Waals surface area contributed by atoms with E-state index >= 15 is 0 Å². The highest BCUT2D eigenvalue weighted by molar-refractivity contribution is 7.89. The fraction of sp³-hybridized carbons (Fsp3) is 0.364. The van der Waals surface area contributed by atoms with Gasteiger partial charge in [-0.1, -0.05) is 11.3 Å². The van der Waals surface area contributed by atoms with E-state index in [2.05, 4.69) is 4.99 Å². The number of benzene rings is 2. The maximum atomic E-state index is 14.5. The molecule has 1 aliphatic heterocycles. The molecule has 3 aromatic rings. The van der Waals surface area contributed by atoms with Gasteiger partial charge in [0.25, 0.3) is 5.91 Å². The van der Waals surface area contributed by atoms with Crippen LogP contribution in [0, 0.1) is 11.6 Å². The lowest BCUT2D eigenvalue weighted by molar-refractivity contribution is 0.0730. The van der Waals surface area contributed by atoms with Crippen molar-refractivity contribution in [1.82, 2.24) is 8.87 Å². The molecule has 182 valence electrons. The molecule has 4 rings (SSSR count). The SMILES string of the molecule is CCOCCn1c(=NC(=O)c2ccc(S(=O)(=O)N3CCOCC3)cc2)sc2cc(F)cc(F)c21. The first-order chi connectivity index (χ1) is 16.3. The van der Waals surface area contributed by atoms with Crippen molar-refractivity contribution < 1.29 is 31.5 Å². The predicted octanol–water partition coefficient (Wildman–Crippen LogP) is 2.78. The molecular formula is C22H23F2N3O5S2. The van der Waals surface area contributed by atoms with Gasteiger partial charge in [-0.3, -0.25) is 4.79 Å². The minimum absolute atomic E-state index is 0.0668. The summed E-state index contributed by atoms with van der Waals surface area (Å²) >= 11 is 0.985. The summed E-state index contributed by atoms with van der Waals surface area (Å²) in [5.74, 6) is -2.11. The third-order valence-electron chi connectivity index (χ3n) is 5.26. The van der Waals surface area contributed by atoms with Crippen molar-refractivity contribution in [2.75, 3.05) is 39.5 Å². The van der Waals surface area contributed by atoms with Gasteiger partial charge in [0.2, 0.25) is 10.0 Å². The average Bonchev–Trinajstić information content (AvgIpc) is 3.16. The number of hydrogen-bond acceptors (Lipinski definition) is 6. The van der Waals surface area contributed by atoms with Crippen LogP contribution in [0.25, 0.3) is 10.2 Å². The molecule has 0 bridgehead atoms. The Bertz CT molecular complexity index is 1360. The second kappa shape index (κ2) is 10.4. The molecule has 0 radical (unpaired) electrons. The summed E-state index contributed by atoms with van der Waals surface area (Å²) < 4.78 is 67.5. The Labute approximate surface area is 199 Å². The van der Waals surface area contributed by atoms with Crippen LogP contribution in [0.15, 0.2) is 46.3 Å². The fourth-order valence-electron chi connectivity index (χ4n) is 3.58. The van der Waals surface area contributed by atoms with Crippen molar-refractivity contribution in [1.29, 1.82) is 0 Å². The van der Waals surface area contributed by atoms with E-state index in [-0.39, 0.29) is 47.0 Å². The summed E-state index contributed by atoms with van der Waals surface area (Å²) in [6.45, 7) is 3.96. The number of carbonyl (C=O) groups is 1. The molecule has 1 aliphatic rings. The van der Waals surface area contributed by atoms with Crippen LogP contribution in [0.3, 0.4) is 0 Å². The summed E-state index contributed by atoms with van der Waals surface area (Å²) in [6.07, 6.45) is 0. The number of fused-ring (bicyclic) bond motifs is 1. The summed E-state index contributed by atoms with van der Waals surface area (Å²) in [7, 11) is -3.69. The van der Waals surface area contributed by atoms with Crippen molar-refractivity contribution >= 4 is 37.5 Å². The Morgan fingerprint density at radius 3 is 2.56 bits per heavy atom. The molecule has 1 saturated heterocycles. The standard InChI is InChI=1S/C22H23F2N3O5S2/c1-2-31-12-9-27-20-18(24)13-16(23)14-19(20)33-22(27)25-21(28)15-3-5-17(6-4-15)34(29,30)26-7-10-32-11-8-26/h3-6,13-14H,2,7-12H2,1H3. The molecule has 12 heteroatoms.